The number of nitrogens with zero attached hydrogens (tertiary/aromatic N) is 1. The fourth-order valence-electron chi connectivity index (χ4n) is 12.3. The van der Waals surface area contributed by atoms with Crippen molar-refractivity contribution in [2.24, 2.45) is 52.3 Å². The van der Waals surface area contributed by atoms with E-state index < -0.39 is 0 Å². The predicted molar refractivity (Wildman–Crippen MR) is 167 cm³/mol. The van der Waals surface area contributed by atoms with Gasteiger partial charge in [-0.25, -0.2) is 0 Å². The molecule has 0 bridgehead atoms. The number of ether oxygens (including phenoxy) is 2. The molecular formula is C36H59N3O4. The van der Waals surface area contributed by atoms with Crippen molar-refractivity contribution in [2.75, 3.05) is 26.7 Å². The van der Waals surface area contributed by atoms with Gasteiger partial charge in [0.2, 0.25) is 11.8 Å². The van der Waals surface area contributed by atoms with Gasteiger partial charge in [0.25, 0.3) is 0 Å². The van der Waals surface area contributed by atoms with Gasteiger partial charge in [0.15, 0.2) is 5.79 Å². The SMILES string of the molecule is C[C@@H]1CC[C@@]2(OC1)O[C@H]1C[C@H]3[C@@H]4CC[C@H]5C[C@H](NC(=O)CC(=O)NC6CCN(C)CC6)CC[C@]5(C)[C@H]4CC[C@]3(C)[C@H]1[C@@H]2C. The summed E-state index contributed by atoms with van der Waals surface area (Å²) in [7, 11) is 2.12. The number of carbonyl (C=O) groups excluding carboxylic acids is 2. The topological polar surface area (TPSA) is 79.9 Å². The molecule has 7 heteroatoms. The van der Waals surface area contributed by atoms with E-state index in [1.807, 2.05) is 0 Å². The highest BCUT2D eigenvalue weighted by molar-refractivity contribution is 5.97. The van der Waals surface area contributed by atoms with Crippen molar-refractivity contribution in [3.63, 3.8) is 0 Å². The van der Waals surface area contributed by atoms with Gasteiger partial charge in [-0.3, -0.25) is 9.59 Å². The lowest BCUT2D eigenvalue weighted by Gasteiger charge is -2.61. The highest BCUT2D eigenvalue weighted by Gasteiger charge is 2.69. The third-order valence-electron chi connectivity index (χ3n) is 14.7. The van der Waals surface area contributed by atoms with E-state index in [0.29, 0.717) is 40.6 Å². The zero-order valence-corrected chi connectivity index (χ0v) is 27.7. The van der Waals surface area contributed by atoms with Crippen LogP contribution in [0.15, 0.2) is 0 Å². The second-order valence-electron chi connectivity index (χ2n) is 17.0. The van der Waals surface area contributed by atoms with Crippen molar-refractivity contribution in [1.29, 1.82) is 0 Å². The van der Waals surface area contributed by atoms with E-state index >= 15 is 0 Å². The first-order valence-corrected chi connectivity index (χ1v) is 18.1. The van der Waals surface area contributed by atoms with Crippen molar-refractivity contribution < 1.29 is 19.1 Å². The van der Waals surface area contributed by atoms with Crippen LogP contribution in [0.4, 0.5) is 0 Å². The van der Waals surface area contributed by atoms with Crippen molar-refractivity contribution >= 4 is 11.8 Å². The number of amides is 2. The minimum Gasteiger partial charge on any atom is -0.353 e. The summed E-state index contributed by atoms with van der Waals surface area (Å²) in [6.07, 6.45) is 14.4. The van der Waals surface area contributed by atoms with Crippen molar-refractivity contribution in [2.45, 2.75) is 135 Å². The third kappa shape index (κ3) is 5.19. The lowest BCUT2D eigenvalue weighted by Crippen LogP contribution is -2.56. The van der Waals surface area contributed by atoms with Gasteiger partial charge in [0.05, 0.1) is 12.7 Å². The summed E-state index contributed by atoms with van der Waals surface area (Å²) in [6, 6.07) is 0.417. The molecular weight excluding hydrogens is 538 g/mol. The maximum Gasteiger partial charge on any atom is 0.229 e. The molecule has 0 radical (unpaired) electrons. The van der Waals surface area contributed by atoms with E-state index in [1.54, 1.807) is 0 Å². The number of likely N-dealkylation sites (tertiary alicyclic amines) is 1. The first-order chi connectivity index (χ1) is 20.5. The molecule has 0 unspecified atom stereocenters. The molecule has 7 nitrogen and oxygen atoms in total. The van der Waals surface area contributed by atoms with Crippen LogP contribution < -0.4 is 10.6 Å². The summed E-state index contributed by atoms with van der Waals surface area (Å²) < 4.78 is 13.5. The lowest BCUT2D eigenvalue weighted by molar-refractivity contribution is -0.273. The summed E-state index contributed by atoms with van der Waals surface area (Å²) in [6.45, 7) is 12.8. The molecule has 1 spiro atoms. The standard InChI is InChI=1S/C36H59N3O4/c1-22-8-15-36(42-21-22)23(2)33-30(43-36)19-29-27-7-6-24-18-26(9-13-34(24,3)28(27)10-14-35(29,33)4)38-32(41)20-31(40)37-25-11-16-39(5)17-12-25/h22-30,33H,6-21H2,1-5H3,(H,37,40)(H,38,41)/t22-,23+,24+,26-,27-,28+,29+,30+,33+,34+,35+,36-/m1/s1. The van der Waals surface area contributed by atoms with E-state index in [2.05, 4.69) is 50.3 Å². The Morgan fingerprint density at radius 1 is 0.814 bits per heavy atom. The Balaban J connectivity index is 0.948. The second-order valence-corrected chi connectivity index (χ2v) is 17.0. The van der Waals surface area contributed by atoms with Crippen LogP contribution >= 0.6 is 0 Å². The smallest absolute Gasteiger partial charge is 0.229 e. The molecule has 4 aliphatic carbocycles. The van der Waals surface area contributed by atoms with Crippen LogP contribution in [-0.4, -0.2) is 67.4 Å². The fraction of sp³-hybridized carbons (Fsp3) is 0.944. The monoisotopic (exact) mass is 597 g/mol. The van der Waals surface area contributed by atoms with Crippen LogP contribution in [0.25, 0.3) is 0 Å². The number of rotatable bonds is 4. The maximum atomic E-state index is 12.9. The van der Waals surface area contributed by atoms with Gasteiger partial charge < -0.3 is 25.0 Å². The summed E-state index contributed by atoms with van der Waals surface area (Å²) in [4.78, 5) is 27.8. The molecule has 3 saturated heterocycles. The minimum absolute atomic E-state index is 0.0378. The molecule has 3 heterocycles. The third-order valence-corrected chi connectivity index (χ3v) is 14.7. The summed E-state index contributed by atoms with van der Waals surface area (Å²) in [5, 5.41) is 6.39. The van der Waals surface area contributed by atoms with Crippen molar-refractivity contribution in [3.8, 4) is 0 Å². The Labute approximate surface area is 260 Å². The number of fused-ring (bicyclic) bond motifs is 7. The zero-order chi connectivity index (χ0) is 30.1. The number of piperidine rings is 1. The van der Waals surface area contributed by atoms with Crippen molar-refractivity contribution in [3.05, 3.63) is 0 Å². The van der Waals surface area contributed by atoms with Crippen LogP contribution in [-0.2, 0) is 19.1 Å². The molecule has 0 aromatic heterocycles. The maximum absolute atomic E-state index is 12.9. The first kappa shape index (κ1) is 30.5. The van der Waals surface area contributed by atoms with Gasteiger partial charge >= 0.3 is 0 Å². The minimum atomic E-state index is -0.327. The largest absolute Gasteiger partial charge is 0.353 e. The average molecular weight is 598 g/mol. The molecule has 43 heavy (non-hydrogen) atoms. The first-order valence-electron chi connectivity index (χ1n) is 18.1. The molecule has 2 N–H and O–H groups in total. The number of hydrogen-bond acceptors (Lipinski definition) is 5. The highest BCUT2D eigenvalue weighted by atomic mass is 16.7. The van der Waals surface area contributed by atoms with Crippen LogP contribution in [0.3, 0.4) is 0 Å². The van der Waals surface area contributed by atoms with Gasteiger partial charge in [-0.15, -0.1) is 0 Å². The van der Waals surface area contributed by atoms with Crippen LogP contribution in [0.2, 0.25) is 0 Å². The molecule has 0 aromatic rings. The molecule has 2 amide bonds. The normalized spacial score (nSPS) is 49.9. The Bertz CT molecular complexity index is 1070. The molecule has 7 fully saturated rings. The number of hydrogen-bond donors (Lipinski definition) is 2. The predicted octanol–water partition coefficient (Wildman–Crippen LogP) is 5.52. The van der Waals surface area contributed by atoms with E-state index in [-0.39, 0.29) is 36.1 Å². The Kier molecular flexibility index (Phi) is 7.98. The van der Waals surface area contributed by atoms with E-state index in [4.69, 9.17) is 9.47 Å². The van der Waals surface area contributed by atoms with Crippen LogP contribution in [0.1, 0.15) is 111 Å². The molecule has 7 aliphatic rings. The lowest BCUT2D eigenvalue weighted by atomic mass is 9.44. The Hall–Kier alpha value is -1.18. The quantitative estimate of drug-likeness (QED) is 0.418. The summed E-state index contributed by atoms with van der Waals surface area (Å²) in [5.41, 5.74) is 0.731. The van der Waals surface area contributed by atoms with Gasteiger partial charge in [-0.1, -0.05) is 27.7 Å². The fourth-order valence-corrected chi connectivity index (χ4v) is 12.3. The van der Waals surface area contributed by atoms with Crippen LogP contribution in [0, 0.1) is 52.3 Å². The molecule has 7 rings (SSSR count). The van der Waals surface area contributed by atoms with Gasteiger partial charge in [0.1, 0.15) is 6.42 Å². The zero-order valence-electron chi connectivity index (χ0n) is 27.7. The number of nitrogens with one attached hydrogen (secondary N) is 2. The van der Waals surface area contributed by atoms with Crippen LogP contribution in [0.5, 0.6) is 0 Å². The second kappa shape index (κ2) is 11.3. The highest BCUT2D eigenvalue weighted by Crippen LogP contribution is 2.71. The molecule has 242 valence electrons. The summed E-state index contributed by atoms with van der Waals surface area (Å²) >= 11 is 0. The molecule has 4 saturated carbocycles. The van der Waals surface area contributed by atoms with Crippen molar-refractivity contribution in [1.82, 2.24) is 15.5 Å². The van der Waals surface area contributed by atoms with Gasteiger partial charge in [0, 0.05) is 24.4 Å². The van der Waals surface area contributed by atoms with E-state index in [9.17, 15) is 9.59 Å². The Morgan fingerprint density at radius 2 is 1.53 bits per heavy atom. The van der Waals surface area contributed by atoms with E-state index in [1.165, 1.54) is 44.9 Å². The van der Waals surface area contributed by atoms with E-state index in [0.717, 1.165) is 69.6 Å². The average Bonchev–Trinajstić information content (AvgIpc) is 3.41. The molecule has 12 atom stereocenters. The Morgan fingerprint density at radius 3 is 2.26 bits per heavy atom. The van der Waals surface area contributed by atoms with Gasteiger partial charge in [-0.2, -0.15) is 0 Å². The summed E-state index contributed by atoms with van der Waals surface area (Å²) in [5.74, 6) is 4.24. The number of carbonyl (C=O) groups is 2. The molecule has 0 aromatic carbocycles. The molecule has 3 aliphatic heterocycles. The van der Waals surface area contributed by atoms with Gasteiger partial charge in [-0.05, 0) is 137 Å².